The van der Waals surface area contributed by atoms with Gasteiger partial charge >= 0.3 is 0 Å². The minimum Gasteiger partial charge on any atom is -0.322 e. The molecule has 1 heterocycles. The fourth-order valence-corrected chi connectivity index (χ4v) is 2.15. The van der Waals surface area contributed by atoms with E-state index in [1.54, 1.807) is 0 Å². The number of hydrogen-bond donors (Lipinski definition) is 1. The lowest BCUT2D eigenvalue weighted by Crippen LogP contribution is -2.13. The summed E-state index contributed by atoms with van der Waals surface area (Å²) in [5, 5.41) is 8.89. The highest BCUT2D eigenvalue weighted by atomic mass is 35.5. The van der Waals surface area contributed by atoms with E-state index in [0.29, 0.717) is 0 Å². The first kappa shape index (κ1) is 15.3. The van der Waals surface area contributed by atoms with Gasteiger partial charge in [0.25, 0.3) is 5.91 Å². The van der Waals surface area contributed by atoms with E-state index in [1.807, 2.05) is 0 Å². The average Bonchev–Trinajstić information content (AvgIpc) is 2.38. The molecule has 0 radical (unpaired) electrons. The summed E-state index contributed by atoms with van der Waals surface area (Å²) in [5.41, 5.74) is 0.221. The monoisotopic (exact) mass is 353 g/mol. The molecule has 0 unspecified atom stereocenters. The highest BCUT2D eigenvalue weighted by Gasteiger charge is 2.15. The topological polar surface area (TPSA) is 54.9 Å². The maximum Gasteiger partial charge on any atom is 0.258 e. The molecular weight excluding hydrogens is 351 g/mol. The Kier molecular flexibility index (Phi) is 4.65. The fraction of sp³-hybridized carbons (Fsp3) is 0. The molecule has 1 aromatic heterocycles. The number of carbonyl (C=O) groups excluding carboxylic acids is 1. The second-order valence-electron chi connectivity index (χ2n) is 3.58. The van der Waals surface area contributed by atoms with E-state index >= 15 is 0 Å². The molecular formula is C11H4Cl4FN3O. The second-order valence-corrected chi connectivity index (χ2v) is 5.14. The number of amides is 1. The van der Waals surface area contributed by atoms with Crippen LogP contribution in [-0.2, 0) is 0 Å². The Labute approximate surface area is 132 Å². The Morgan fingerprint density at radius 3 is 2.25 bits per heavy atom. The Hall–Kier alpha value is -1.14. The second kappa shape index (κ2) is 6.10. The first-order valence-corrected chi connectivity index (χ1v) is 6.54. The van der Waals surface area contributed by atoms with Crippen LogP contribution in [0.15, 0.2) is 18.2 Å². The third-order valence-corrected chi connectivity index (χ3v) is 3.22. The highest BCUT2D eigenvalue weighted by molar-refractivity contribution is 6.36. The van der Waals surface area contributed by atoms with Crippen molar-refractivity contribution in [1.82, 2.24) is 10.2 Å². The Balaban J connectivity index is 2.30. The van der Waals surface area contributed by atoms with Crippen LogP contribution in [0.1, 0.15) is 10.4 Å². The summed E-state index contributed by atoms with van der Waals surface area (Å²) in [5.74, 6) is -1.37. The lowest BCUT2D eigenvalue weighted by atomic mass is 10.2. The molecule has 1 aromatic carbocycles. The zero-order chi connectivity index (χ0) is 14.9. The SMILES string of the molecule is O=C(Nc1cc(Cl)c(F)c(Cl)c1)c1cc(Cl)nnc1Cl. The normalized spacial score (nSPS) is 10.4. The van der Waals surface area contributed by atoms with Crippen molar-refractivity contribution in [3.8, 4) is 0 Å². The predicted octanol–water partition coefficient (Wildman–Crippen LogP) is 4.48. The van der Waals surface area contributed by atoms with Gasteiger partial charge in [0.1, 0.15) is 0 Å². The molecule has 1 amide bonds. The Morgan fingerprint density at radius 1 is 1.05 bits per heavy atom. The zero-order valence-electron chi connectivity index (χ0n) is 9.42. The Morgan fingerprint density at radius 2 is 1.65 bits per heavy atom. The molecule has 2 aromatic rings. The molecule has 0 fully saturated rings. The number of halogens is 5. The van der Waals surface area contributed by atoms with Crippen molar-refractivity contribution in [2.24, 2.45) is 0 Å². The number of hydrogen-bond acceptors (Lipinski definition) is 3. The molecule has 0 atom stereocenters. The van der Waals surface area contributed by atoms with Gasteiger partial charge in [-0.15, -0.1) is 10.2 Å². The molecule has 0 aliphatic rings. The minimum atomic E-state index is -0.766. The van der Waals surface area contributed by atoms with E-state index in [2.05, 4.69) is 15.5 Å². The molecule has 104 valence electrons. The van der Waals surface area contributed by atoms with Gasteiger partial charge in [-0.3, -0.25) is 4.79 Å². The molecule has 1 N–H and O–H groups in total. The molecule has 2 rings (SSSR count). The van der Waals surface area contributed by atoms with Crippen LogP contribution < -0.4 is 5.32 Å². The Bertz CT molecular complexity index is 672. The maximum absolute atomic E-state index is 13.3. The van der Waals surface area contributed by atoms with Crippen molar-refractivity contribution in [3.05, 3.63) is 49.9 Å². The van der Waals surface area contributed by atoms with E-state index in [-0.39, 0.29) is 31.6 Å². The number of anilines is 1. The van der Waals surface area contributed by atoms with Crippen LogP contribution in [0.2, 0.25) is 20.4 Å². The van der Waals surface area contributed by atoms with Gasteiger partial charge in [-0.1, -0.05) is 46.4 Å². The molecule has 9 heteroatoms. The van der Waals surface area contributed by atoms with Crippen molar-refractivity contribution in [1.29, 1.82) is 0 Å². The number of benzene rings is 1. The lowest BCUT2D eigenvalue weighted by Gasteiger charge is -2.08. The molecule has 20 heavy (non-hydrogen) atoms. The van der Waals surface area contributed by atoms with Gasteiger partial charge in [-0.05, 0) is 18.2 Å². The number of aromatic nitrogens is 2. The van der Waals surface area contributed by atoms with Crippen LogP contribution in [0.25, 0.3) is 0 Å². The van der Waals surface area contributed by atoms with Crippen LogP contribution in [0.5, 0.6) is 0 Å². The van der Waals surface area contributed by atoms with E-state index in [0.717, 1.165) is 0 Å². The van der Waals surface area contributed by atoms with Crippen molar-refractivity contribution in [2.75, 3.05) is 5.32 Å². The van der Waals surface area contributed by atoms with Crippen LogP contribution in [0.3, 0.4) is 0 Å². The third-order valence-electron chi connectivity index (χ3n) is 2.21. The molecule has 0 bridgehead atoms. The molecule has 0 spiro atoms. The van der Waals surface area contributed by atoms with Crippen molar-refractivity contribution in [3.63, 3.8) is 0 Å². The molecule has 4 nitrogen and oxygen atoms in total. The maximum atomic E-state index is 13.3. The summed E-state index contributed by atoms with van der Waals surface area (Å²) in [7, 11) is 0. The van der Waals surface area contributed by atoms with E-state index in [4.69, 9.17) is 46.4 Å². The molecule has 0 saturated carbocycles. The molecule has 0 saturated heterocycles. The quantitative estimate of drug-likeness (QED) is 0.809. The van der Waals surface area contributed by atoms with Crippen molar-refractivity contribution in [2.45, 2.75) is 0 Å². The van der Waals surface area contributed by atoms with Crippen LogP contribution >= 0.6 is 46.4 Å². The van der Waals surface area contributed by atoms with Gasteiger partial charge in [0, 0.05) is 5.69 Å². The van der Waals surface area contributed by atoms with Crippen LogP contribution in [0, 0.1) is 5.82 Å². The summed E-state index contributed by atoms with van der Waals surface area (Å²) in [4.78, 5) is 12.0. The summed E-state index contributed by atoms with van der Waals surface area (Å²) in [6.07, 6.45) is 0. The number of rotatable bonds is 2. The van der Waals surface area contributed by atoms with Gasteiger partial charge in [-0.2, -0.15) is 0 Å². The number of nitrogens with zero attached hydrogens (tertiary/aromatic N) is 2. The van der Waals surface area contributed by atoms with Crippen molar-refractivity contribution >= 4 is 58.0 Å². The van der Waals surface area contributed by atoms with Gasteiger partial charge in [0.15, 0.2) is 16.1 Å². The van der Waals surface area contributed by atoms with Crippen molar-refractivity contribution < 1.29 is 9.18 Å². The standard InChI is InChI=1S/C11H4Cl4FN3O/c12-6-1-4(2-7(13)9(6)16)17-11(20)5-3-8(14)18-19-10(5)15/h1-3H,(H,17,20). The molecule has 0 aliphatic heterocycles. The largest absolute Gasteiger partial charge is 0.322 e. The highest BCUT2D eigenvalue weighted by Crippen LogP contribution is 2.28. The zero-order valence-corrected chi connectivity index (χ0v) is 12.4. The van der Waals surface area contributed by atoms with Gasteiger partial charge in [0.05, 0.1) is 15.6 Å². The average molecular weight is 355 g/mol. The van der Waals surface area contributed by atoms with E-state index in [9.17, 15) is 9.18 Å². The van der Waals surface area contributed by atoms with Gasteiger partial charge in [-0.25, -0.2) is 4.39 Å². The molecule has 0 aliphatic carbocycles. The summed E-state index contributed by atoms with van der Waals surface area (Å²) in [6, 6.07) is 3.68. The number of carbonyl (C=O) groups is 1. The first-order valence-electron chi connectivity index (χ1n) is 5.03. The van der Waals surface area contributed by atoms with Crippen LogP contribution in [-0.4, -0.2) is 16.1 Å². The number of nitrogens with one attached hydrogen (secondary N) is 1. The van der Waals surface area contributed by atoms with Gasteiger partial charge < -0.3 is 5.32 Å². The summed E-state index contributed by atoms with van der Waals surface area (Å²) in [6.45, 7) is 0. The van der Waals surface area contributed by atoms with Gasteiger partial charge in [0.2, 0.25) is 0 Å². The van der Waals surface area contributed by atoms with E-state index < -0.39 is 11.7 Å². The lowest BCUT2D eigenvalue weighted by molar-refractivity contribution is 0.102. The minimum absolute atomic E-state index is 0.00900. The van der Waals surface area contributed by atoms with Crippen LogP contribution in [0.4, 0.5) is 10.1 Å². The third kappa shape index (κ3) is 3.30. The first-order chi connectivity index (χ1) is 9.38. The van der Waals surface area contributed by atoms with E-state index in [1.165, 1.54) is 18.2 Å². The smallest absolute Gasteiger partial charge is 0.258 e. The predicted molar refractivity (Wildman–Crippen MR) is 76.4 cm³/mol. The fourth-order valence-electron chi connectivity index (χ4n) is 1.34. The summed E-state index contributed by atoms with van der Waals surface area (Å²) >= 11 is 22.6. The summed E-state index contributed by atoms with van der Waals surface area (Å²) < 4.78 is 13.3.